The number of carbonyl (C=O) groups excluding carboxylic acids is 2. The van der Waals surface area contributed by atoms with Crippen LogP contribution in [0.1, 0.15) is 44.2 Å². The normalized spacial score (nSPS) is 20.5. The van der Waals surface area contributed by atoms with Crippen molar-refractivity contribution in [3.8, 4) is 5.75 Å². The van der Waals surface area contributed by atoms with E-state index in [1.807, 2.05) is 44.2 Å². The van der Waals surface area contributed by atoms with Crippen LogP contribution in [0.4, 0.5) is 5.69 Å². The molecule has 2 unspecified atom stereocenters. The molecule has 0 spiro atoms. The van der Waals surface area contributed by atoms with Crippen LogP contribution in [-0.2, 0) is 26.2 Å². The number of sulfonamides is 1. The second-order valence-electron chi connectivity index (χ2n) is 9.16. The first-order valence-corrected chi connectivity index (χ1v) is 13.6. The molecule has 9 heteroatoms. The van der Waals surface area contributed by atoms with Crippen LogP contribution < -0.4 is 10.1 Å². The van der Waals surface area contributed by atoms with Gasteiger partial charge in [-0.2, -0.15) is 4.31 Å². The van der Waals surface area contributed by atoms with Crippen molar-refractivity contribution in [2.75, 3.05) is 25.0 Å². The molecule has 2 heterocycles. The summed E-state index contributed by atoms with van der Waals surface area (Å²) in [6.07, 6.45) is 1.11. The average Bonchev–Trinajstić information content (AvgIpc) is 2.86. The van der Waals surface area contributed by atoms with Crippen LogP contribution in [-0.4, -0.2) is 55.2 Å². The predicted octanol–water partition coefficient (Wildman–Crippen LogP) is 3.55. The van der Waals surface area contributed by atoms with Crippen molar-refractivity contribution in [3.63, 3.8) is 0 Å². The Morgan fingerprint density at radius 2 is 1.94 bits per heavy atom. The lowest BCUT2D eigenvalue weighted by Gasteiger charge is -2.34. The van der Waals surface area contributed by atoms with Crippen molar-refractivity contribution in [3.05, 3.63) is 53.6 Å². The van der Waals surface area contributed by atoms with Gasteiger partial charge in [0.1, 0.15) is 5.75 Å². The summed E-state index contributed by atoms with van der Waals surface area (Å²) in [5, 5.41) is 2.80. The van der Waals surface area contributed by atoms with E-state index in [2.05, 4.69) is 5.32 Å². The number of benzene rings is 2. The number of amides is 2. The molecule has 2 aliphatic heterocycles. The maximum atomic E-state index is 13.7. The number of hydrogen-bond acceptors (Lipinski definition) is 5. The molecule has 2 aromatic carbocycles. The molecular formula is C26H33N3O5S. The number of ether oxygens (including phenoxy) is 1. The minimum atomic E-state index is -3.85. The van der Waals surface area contributed by atoms with Gasteiger partial charge in [0.25, 0.3) is 5.91 Å². The first kappa shape index (κ1) is 25.2. The molecule has 2 atom stereocenters. The highest BCUT2D eigenvalue weighted by molar-refractivity contribution is 7.89. The molecule has 0 saturated carbocycles. The van der Waals surface area contributed by atoms with Gasteiger partial charge >= 0.3 is 0 Å². The minimum Gasteiger partial charge on any atom is -0.478 e. The molecule has 1 N–H and O–H groups in total. The van der Waals surface area contributed by atoms with Crippen LogP contribution in [0.15, 0.2) is 47.4 Å². The predicted molar refractivity (Wildman–Crippen MR) is 134 cm³/mol. The second kappa shape index (κ2) is 10.4. The molecule has 1 saturated heterocycles. The van der Waals surface area contributed by atoms with E-state index in [0.29, 0.717) is 55.9 Å². The number of nitrogens with one attached hydrogen (secondary N) is 1. The summed E-state index contributed by atoms with van der Waals surface area (Å²) in [6.45, 7) is 7.06. The molecule has 2 aromatic rings. The lowest BCUT2D eigenvalue weighted by atomic mass is 9.98. The Morgan fingerprint density at radius 3 is 2.63 bits per heavy atom. The summed E-state index contributed by atoms with van der Waals surface area (Å²) >= 11 is 0. The number of rotatable bonds is 7. The fraction of sp³-hybridized carbons (Fsp3) is 0.462. The minimum absolute atomic E-state index is 0.0183. The van der Waals surface area contributed by atoms with Gasteiger partial charge in [-0.1, -0.05) is 37.3 Å². The maximum Gasteiger partial charge on any atom is 0.265 e. The lowest BCUT2D eigenvalue weighted by molar-refractivity contribution is -0.137. The Bertz CT molecular complexity index is 1200. The summed E-state index contributed by atoms with van der Waals surface area (Å²) in [4.78, 5) is 27.4. The van der Waals surface area contributed by atoms with Gasteiger partial charge in [0.2, 0.25) is 15.9 Å². The fourth-order valence-electron chi connectivity index (χ4n) is 4.74. The Kier molecular flexibility index (Phi) is 7.47. The quantitative estimate of drug-likeness (QED) is 0.629. The Balaban J connectivity index is 1.54. The van der Waals surface area contributed by atoms with Crippen molar-refractivity contribution < 1.29 is 22.7 Å². The Labute approximate surface area is 207 Å². The van der Waals surface area contributed by atoms with Gasteiger partial charge in [-0.25, -0.2) is 8.42 Å². The van der Waals surface area contributed by atoms with Gasteiger partial charge in [0.05, 0.1) is 16.5 Å². The molecule has 35 heavy (non-hydrogen) atoms. The number of piperidine rings is 1. The maximum absolute atomic E-state index is 13.7. The first-order valence-electron chi connectivity index (χ1n) is 12.2. The second-order valence-corrected chi connectivity index (χ2v) is 11.1. The van der Waals surface area contributed by atoms with Gasteiger partial charge in [0, 0.05) is 32.2 Å². The lowest BCUT2D eigenvalue weighted by Crippen LogP contribution is -2.46. The van der Waals surface area contributed by atoms with E-state index in [9.17, 15) is 18.0 Å². The van der Waals surface area contributed by atoms with Crippen LogP contribution in [0.2, 0.25) is 0 Å². The Morgan fingerprint density at radius 1 is 1.20 bits per heavy atom. The molecule has 0 radical (unpaired) electrons. The van der Waals surface area contributed by atoms with E-state index >= 15 is 0 Å². The molecule has 8 nitrogen and oxygen atoms in total. The highest BCUT2D eigenvalue weighted by Crippen LogP contribution is 2.36. The monoisotopic (exact) mass is 499 g/mol. The molecule has 0 bridgehead atoms. The van der Waals surface area contributed by atoms with E-state index in [1.165, 1.54) is 10.4 Å². The van der Waals surface area contributed by atoms with Crippen molar-refractivity contribution in [2.45, 2.75) is 57.6 Å². The van der Waals surface area contributed by atoms with Gasteiger partial charge in [-0.3, -0.25) is 9.59 Å². The van der Waals surface area contributed by atoms with Crippen molar-refractivity contribution in [1.29, 1.82) is 0 Å². The Hall–Kier alpha value is -2.91. The highest BCUT2D eigenvalue weighted by atomic mass is 32.2. The van der Waals surface area contributed by atoms with Crippen LogP contribution >= 0.6 is 0 Å². The molecule has 0 aromatic heterocycles. The number of hydrogen-bond donors (Lipinski definition) is 1. The first-order chi connectivity index (χ1) is 16.7. The van der Waals surface area contributed by atoms with Gasteiger partial charge in [0.15, 0.2) is 6.10 Å². The molecular weight excluding hydrogens is 466 g/mol. The van der Waals surface area contributed by atoms with Crippen molar-refractivity contribution in [2.24, 2.45) is 5.92 Å². The van der Waals surface area contributed by atoms with Gasteiger partial charge in [-0.05, 0) is 50.3 Å². The van der Waals surface area contributed by atoms with E-state index < -0.39 is 16.1 Å². The summed E-state index contributed by atoms with van der Waals surface area (Å²) in [7, 11) is -3.85. The van der Waals surface area contributed by atoms with Crippen LogP contribution in [0.5, 0.6) is 5.75 Å². The fourth-order valence-corrected chi connectivity index (χ4v) is 6.49. The van der Waals surface area contributed by atoms with Crippen molar-refractivity contribution >= 4 is 27.5 Å². The van der Waals surface area contributed by atoms with Crippen LogP contribution in [0, 0.1) is 12.8 Å². The molecule has 188 valence electrons. The van der Waals surface area contributed by atoms with E-state index in [1.54, 1.807) is 17.9 Å². The number of nitrogens with zero attached hydrogens (tertiary/aromatic N) is 2. The molecule has 1 fully saturated rings. The van der Waals surface area contributed by atoms with E-state index in [-0.39, 0.29) is 29.2 Å². The SMILES string of the molecule is CCC1Oc2cc(S(=O)(=O)N3CCCC(C(=O)N(CC)Cc4ccccc4)C3)c(C)cc2NC1=O. The summed E-state index contributed by atoms with van der Waals surface area (Å²) in [6, 6.07) is 12.9. The number of aryl methyl sites for hydroxylation is 1. The van der Waals surface area contributed by atoms with Gasteiger partial charge in [-0.15, -0.1) is 0 Å². The number of anilines is 1. The zero-order chi connectivity index (χ0) is 25.2. The topological polar surface area (TPSA) is 96.0 Å². The highest BCUT2D eigenvalue weighted by Gasteiger charge is 2.37. The van der Waals surface area contributed by atoms with E-state index in [4.69, 9.17) is 4.74 Å². The smallest absolute Gasteiger partial charge is 0.265 e. The standard InChI is InChI=1S/C26H33N3O5S/c1-4-22-25(30)27-21-14-18(3)24(15-23(21)34-22)35(32,33)29-13-9-12-20(17-29)26(31)28(5-2)16-19-10-7-6-8-11-19/h6-8,10-11,14-15,20,22H,4-5,9,12-13,16-17H2,1-3H3,(H,27,30). The zero-order valence-corrected chi connectivity index (χ0v) is 21.3. The molecule has 2 amide bonds. The van der Waals surface area contributed by atoms with Crippen molar-refractivity contribution in [1.82, 2.24) is 9.21 Å². The van der Waals surface area contributed by atoms with Crippen LogP contribution in [0.3, 0.4) is 0 Å². The largest absolute Gasteiger partial charge is 0.478 e. The third-order valence-electron chi connectivity index (χ3n) is 6.73. The van der Waals surface area contributed by atoms with Crippen LogP contribution in [0.25, 0.3) is 0 Å². The number of fused-ring (bicyclic) bond motifs is 1. The van der Waals surface area contributed by atoms with E-state index in [0.717, 1.165) is 5.56 Å². The summed E-state index contributed by atoms with van der Waals surface area (Å²) < 4.78 is 34.5. The average molecular weight is 500 g/mol. The molecule has 4 rings (SSSR count). The zero-order valence-electron chi connectivity index (χ0n) is 20.5. The third kappa shape index (κ3) is 5.21. The summed E-state index contributed by atoms with van der Waals surface area (Å²) in [5.41, 5.74) is 2.04. The molecule has 2 aliphatic rings. The number of carbonyl (C=O) groups is 2. The van der Waals surface area contributed by atoms with Gasteiger partial charge < -0.3 is 15.0 Å². The summed E-state index contributed by atoms with van der Waals surface area (Å²) in [5.74, 6) is -0.288. The third-order valence-corrected chi connectivity index (χ3v) is 8.74. The molecule has 0 aliphatic carbocycles.